The molecule has 0 saturated heterocycles. The second-order valence-corrected chi connectivity index (χ2v) is 4.05. The molecular weight excluding hydrogens is 245 g/mol. The summed E-state index contributed by atoms with van der Waals surface area (Å²) in [6.07, 6.45) is 1.52. The highest BCUT2D eigenvalue weighted by Gasteiger charge is 2.09. The molecule has 2 rings (SSSR count). The number of nitriles is 1. The summed E-state index contributed by atoms with van der Waals surface area (Å²) in [5.41, 5.74) is 7.59. The van der Waals surface area contributed by atoms with Crippen molar-refractivity contribution >= 4 is 5.69 Å². The second kappa shape index (κ2) is 5.36. The third-order valence-corrected chi connectivity index (χ3v) is 2.70. The molecule has 19 heavy (non-hydrogen) atoms. The van der Waals surface area contributed by atoms with E-state index in [1.165, 1.54) is 18.3 Å². The first-order chi connectivity index (χ1) is 9.11. The predicted molar refractivity (Wildman–Crippen MR) is 68.8 cm³/mol. The van der Waals surface area contributed by atoms with Crippen molar-refractivity contribution in [2.45, 2.75) is 13.5 Å². The van der Waals surface area contributed by atoms with Crippen LogP contribution in [0.4, 0.5) is 10.1 Å². The summed E-state index contributed by atoms with van der Waals surface area (Å²) < 4.78 is 19.0. The zero-order valence-electron chi connectivity index (χ0n) is 10.4. The Morgan fingerprint density at radius 3 is 3.00 bits per heavy atom. The number of benzene rings is 1. The van der Waals surface area contributed by atoms with Crippen LogP contribution in [0.1, 0.15) is 16.8 Å². The minimum atomic E-state index is -0.523. The van der Waals surface area contributed by atoms with Gasteiger partial charge in [-0.15, -0.1) is 0 Å². The average molecular weight is 257 g/mol. The van der Waals surface area contributed by atoms with Crippen LogP contribution in [0.2, 0.25) is 0 Å². The Kier molecular flexibility index (Phi) is 3.62. The summed E-state index contributed by atoms with van der Waals surface area (Å²) in [5.74, 6) is -0.412. The number of halogens is 1. The molecule has 5 heteroatoms. The highest BCUT2D eigenvalue weighted by Crippen LogP contribution is 2.24. The topological polar surface area (TPSA) is 71.9 Å². The van der Waals surface area contributed by atoms with Crippen LogP contribution < -0.4 is 10.5 Å². The van der Waals surface area contributed by atoms with E-state index in [1.807, 2.05) is 6.07 Å². The van der Waals surface area contributed by atoms with Gasteiger partial charge in [-0.05, 0) is 24.6 Å². The number of pyridine rings is 1. The van der Waals surface area contributed by atoms with Crippen molar-refractivity contribution in [3.05, 3.63) is 53.1 Å². The molecule has 0 unspecified atom stereocenters. The van der Waals surface area contributed by atoms with Crippen LogP contribution in [0, 0.1) is 24.1 Å². The van der Waals surface area contributed by atoms with E-state index in [-0.39, 0.29) is 18.1 Å². The minimum absolute atomic E-state index is 0.0804. The predicted octanol–water partition coefficient (Wildman–Crippen LogP) is 2.56. The number of hydrogen-bond donors (Lipinski definition) is 1. The Balaban J connectivity index is 2.20. The van der Waals surface area contributed by atoms with Crippen molar-refractivity contribution in [2.24, 2.45) is 0 Å². The largest absolute Gasteiger partial charge is 0.486 e. The first kappa shape index (κ1) is 12.8. The van der Waals surface area contributed by atoms with Crippen LogP contribution >= 0.6 is 0 Å². The number of nitrogen functional groups attached to an aromatic ring is 1. The van der Waals surface area contributed by atoms with Gasteiger partial charge in [0.05, 0.1) is 0 Å². The van der Waals surface area contributed by atoms with Gasteiger partial charge in [-0.2, -0.15) is 5.26 Å². The van der Waals surface area contributed by atoms with Gasteiger partial charge in [-0.3, -0.25) is 0 Å². The monoisotopic (exact) mass is 257 g/mol. The molecule has 0 atom stereocenters. The number of aromatic nitrogens is 1. The molecule has 1 aromatic heterocycles. The number of ether oxygens (including phenoxy) is 1. The van der Waals surface area contributed by atoms with Gasteiger partial charge in [0.25, 0.3) is 0 Å². The third kappa shape index (κ3) is 2.80. The molecule has 0 spiro atoms. The molecule has 2 aromatic rings. The number of aryl methyl sites for hydroxylation is 1. The van der Waals surface area contributed by atoms with E-state index < -0.39 is 5.82 Å². The molecule has 1 heterocycles. The van der Waals surface area contributed by atoms with Gasteiger partial charge in [0, 0.05) is 23.5 Å². The SMILES string of the molecule is Cc1cc(OCc2cccnc2C#N)c(F)cc1N. The Morgan fingerprint density at radius 1 is 1.47 bits per heavy atom. The third-order valence-electron chi connectivity index (χ3n) is 2.70. The molecule has 96 valence electrons. The Morgan fingerprint density at radius 2 is 2.26 bits per heavy atom. The van der Waals surface area contributed by atoms with Crippen molar-refractivity contribution in [1.29, 1.82) is 5.26 Å². The fourth-order valence-corrected chi connectivity index (χ4v) is 1.59. The maximum absolute atomic E-state index is 13.6. The van der Waals surface area contributed by atoms with Crippen LogP contribution in [0.25, 0.3) is 0 Å². The second-order valence-electron chi connectivity index (χ2n) is 4.05. The zero-order valence-corrected chi connectivity index (χ0v) is 10.4. The summed E-state index contributed by atoms with van der Waals surface area (Å²) in [6.45, 7) is 1.85. The fraction of sp³-hybridized carbons (Fsp3) is 0.143. The van der Waals surface area contributed by atoms with Crippen LogP contribution in [-0.4, -0.2) is 4.98 Å². The van der Waals surface area contributed by atoms with Gasteiger partial charge in [-0.25, -0.2) is 9.37 Å². The first-order valence-electron chi connectivity index (χ1n) is 5.64. The van der Waals surface area contributed by atoms with E-state index in [1.54, 1.807) is 19.1 Å². The van der Waals surface area contributed by atoms with Crippen molar-refractivity contribution in [3.63, 3.8) is 0 Å². The smallest absolute Gasteiger partial charge is 0.167 e. The van der Waals surface area contributed by atoms with Crippen LogP contribution in [0.3, 0.4) is 0 Å². The van der Waals surface area contributed by atoms with E-state index in [0.717, 1.165) is 5.56 Å². The molecule has 0 saturated carbocycles. The molecule has 0 amide bonds. The van der Waals surface area contributed by atoms with Crippen LogP contribution in [0.15, 0.2) is 30.5 Å². The minimum Gasteiger partial charge on any atom is -0.486 e. The molecule has 0 aliphatic rings. The maximum atomic E-state index is 13.6. The van der Waals surface area contributed by atoms with Crippen molar-refractivity contribution in [2.75, 3.05) is 5.73 Å². The number of nitrogens with zero attached hydrogens (tertiary/aromatic N) is 2. The number of hydrogen-bond acceptors (Lipinski definition) is 4. The summed E-state index contributed by atoms with van der Waals surface area (Å²) >= 11 is 0. The van der Waals surface area contributed by atoms with Gasteiger partial charge < -0.3 is 10.5 Å². The summed E-state index contributed by atoms with van der Waals surface area (Å²) in [5, 5.41) is 8.89. The highest BCUT2D eigenvalue weighted by molar-refractivity contribution is 5.50. The first-order valence-corrected chi connectivity index (χ1v) is 5.64. The van der Waals surface area contributed by atoms with Gasteiger partial charge in [0.1, 0.15) is 18.4 Å². The Hall–Kier alpha value is -2.61. The lowest BCUT2D eigenvalue weighted by atomic mass is 10.2. The lowest BCUT2D eigenvalue weighted by molar-refractivity contribution is 0.289. The average Bonchev–Trinajstić information content (AvgIpc) is 2.41. The quantitative estimate of drug-likeness (QED) is 0.858. The number of anilines is 1. The molecule has 1 aromatic carbocycles. The van der Waals surface area contributed by atoms with E-state index in [9.17, 15) is 4.39 Å². The van der Waals surface area contributed by atoms with Crippen LogP contribution in [-0.2, 0) is 6.61 Å². The van der Waals surface area contributed by atoms with Gasteiger partial charge in [0.15, 0.2) is 11.6 Å². The Bertz CT molecular complexity index is 650. The molecule has 4 nitrogen and oxygen atoms in total. The molecule has 0 aliphatic heterocycles. The lowest BCUT2D eigenvalue weighted by Gasteiger charge is -2.10. The molecule has 0 fully saturated rings. The molecule has 0 aliphatic carbocycles. The number of nitrogens with two attached hydrogens (primary N) is 1. The lowest BCUT2D eigenvalue weighted by Crippen LogP contribution is -2.02. The summed E-state index contributed by atoms with van der Waals surface area (Å²) in [4.78, 5) is 3.91. The highest BCUT2D eigenvalue weighted by atomic mass is 19.1. The van der Waals surface area contributed by atoms with Crippen molar-refractivity contribution in [1.82, 2.24) is 4.98 Å². The standard InChI is InChI=1S/C14H12FN3O/c1-9-5-14(11(15)6-12(9)17)19-8-10-3-2-4-18-13(10)7-16/h2-6H,8,17H2,1H3. The van der Waals surface area contributed by atoms with E-state index in [2.05, 4.69) is 4.98 Å². The molecule has 2 N–H and O–H groups in total. The van der Waals surface area contributed by atoms with Crippen molar-refractivity contribution < 1.29 is 9.13 Å². The van der Waals surface area contributed by atoms with Crippen LogP contribution in [0.5, 0.6) is 5.75 Å². The fourth-order valence-electron chi connectivity index (χ4n) is 1.59. The van der Waals surface area contributed by atoms with E-state index in [4.69, 9.17) is 15.7 Å². The van der Waals surface area contributed by atoms with Crippen molar-refractivity contribution in [3.8, 4) is 11.8 Å². The van der Waals surface area contributed by atoms with Gasteiger partial charge in [0.2, 0.25) is 0 Å². The van der Waals surface area contributed by atoms with E-state index >= 15 is 0 Å². The maximum Gasteiger partial charge on any atom is 0.167 e. The normalized spacial score (nSPS) is 9.95. The van der Waals surface area contributed by atoms with E-state index in [0.29, 0.717) is 11.3 Å². The molecular formula is C14H12FN3O. The number of rotatable bonds is 3. The van der Waals surface area contributed by atoms with Gasteiger partial charge >= 0.3 is 0 Å². The molecule has 0 bridgehead atoms. The summed E-state index contributed by atoms with van der Waals surface area (Å²) in [6, 6.07) is 8.13. The molecule has 0 radical (unpaired) electrons. The summed E-state index contributed by atoms with van der Waals surface area (Å²) in [7, 11) is 0. The van der Waals surface area contributed by atoms with Gasteiger partial charge in [-0.1, -0.05) is 6.07 Å². The zero-order chi connectivity index (χ0) is 13.8. The Labute approximate surface area is 110 Å².